The van der Waals surface area contributed by atoms with Crippen molar-refractivity contribution in [2.75, 3.05) is 26.4 Å². The smallest absolute Gasteiger partial charge is 0.397 e. The van der Waals surface area contributed by atoms with Gasteiger partial charge in [0.05, 0.1) is 26.4 Å². The molecular formula is C55H88O12S. The second-order valence-corrected chi connectivity index (χ2v) is 17.7. The van der Waals surface area contributed by atoms with Crippen molar-refractivity contribution >= 4 is 16.4 Å². The first kappa shape index (κ1) is 62.5. The van der Waals surface area contributed by atoms with E-state index in [1.807, 2.05) is 12.2 Å². The molecule has 1 saturated heterocycles. The molecule has 0 aromatic rings. The maximum Gasteiger partial charge on any atom is 0.397 e. The fourth-order valence-corrected chi connectivity index (χ4v) is 7.39. The van der Waals surface area contributed by atoms with Gasteiger partial charge in [-0.15, -0.1) is 0 Å². The zero-order valence-electron chi connectivity index (χ0n) is 41.4. The highest BCUT2D eigenvalue weighted by Gasteiger charge is 2.48. The number of aliphatic hydroxyl groups excluding tert-OH is 3. The topological polar surface area (TPSA) is 178 Å². The molecule has 1 rings (SSSR count). The van der Waals surface area contributed by atoms with E-state index in [9.17, 15) is 33.1 Å². The lowest BCUT2D eigenvalue weighted by molar-refractivity contribution is -0.301. The van der Waals surface area contributed by atoms with Crippen LogP contribution < -0.4 is 0 Å². The van der Waals surface area contributed by atoms with E-state index in [0.29, 0.717) is 19.4 Å². The maximum atomic E-state index is 12.9. The number of unbranched alkanes of at least 4 members (excludes halogenated alkanes) is 9. The minimum atomic E-state index is -5.08. The van der Waals surface area contributed by atoms with Gasteiger partial charge in [0.25, 0.3) is 0 Å². The van der Waals surface area contributed by atoms with Gasteiger partial charge >= 0.3 is 16.4 Å². The lowest BCUT2D eigenvalue weighted by Crippen LogP contribution is -2.60. The molecule has 0 radical (unpaired) electrons. The third-order valence-corrected chi connectivity index (χ3v) is 11.1. The molecule has 0 aromatic carbocycles. The van der Waals surface area contributed by atoms with Crippen molar-refractivity contribution in [1.82, 2.24) is 0 Å². The molecule has 68 heavy (non-hydrogen) atoms. The van der Waals surface area contributed by atoms with Crippen LogP contribution in [-0.4, -0.2) is 97.5 Å². The molecule has 0 aliphatic carbocycles. The molecule has 0 saturated carbocycles. The Balaban J connectivity index is 2.40. The summed E-state index contributed by atoms with van der Waals surface area (Å²) in [6.45, 7) is 3.51. The van der Waals surface area contributed by atoms with E-state index in [4.69, 9.17) is 18.9 Å². The Labute approximate surface area is 410 Å². The fourth-order valence-electron chi connectivity index (χ4n) is 6.88. The van der Waals surface area contributed by atoms with E-state index >= 15 is 0 Å². The van der Waals surface area contributed by atoms with E-state index in [1.54, 1.807) is 0 Å². The molecule has 6 atom stereocenters. The van der Waals surface area contributed by atoms with Crippen LogP contribution in [-0.2, 0) is 38.3 Å². The molecular weight excluding hydrogens is 885 g/mol. The van der Waals surface area contributed by atoms with Gasteiger partial charge < -0.3 is 34.3 Å². The van der Waals surface area contributed by atoms with E-state index in [-0.39, 0.29) is 19.6 Å². The predicted octanol–water partition coefficient (Wildman–Crippen LogP) is 11.7. The van der Waals surface area contributed by atoms with E-state index in [0.717, 1.165) is 89.9 Å². The van der Waals surface area contributed by atoms with Crippen molar-refractivity contribution in [2.24, 2.45) is 0 Å². The van der Waals surface area contributed by atoms with Crippen molar-refractivity contribution in [3.8, 4) is 0 Å². The van der Waals surface area contributed by atoms with Crippen LogP contribution >= 0.6 is 0 Å². The lowest BCUT2D eigenvalue weighted by atomic mass is 9.99. The molecule has 0 aromatic heterocycles. The molecule has 0 amide bonds. The summed E-state index contributed by atoms with van der Waals surface area (Å²) in [5, 5.41) is 30.7. The molecule has 386 valence electrons. The quantitative estimate of drug-likeness (QED) is 0.0197. The molecule has 0 bridgehead atoms. The Bertz CT molecular complexity index is 1640. The number of hydrogen-bond acceptors (Lipinski definition) is 11. The zero-order valence-corrected chi connectivity index (χ0v) is 42.2. The van der Waals surface area contributed by atoms with Crippen molar-refractivity contribution < 1.29 is 56.2 Å². The average molecular weight is 973 g/mol. The molecule has 1 aliphatic heterocycles. The largest absolute Gasteiger partial charge is 0.457 e. The predicted molar refractivity (Wildman–Crippen MR) is 275 cm³/mol. The number of allylic oxidation sites excluding steroid dienone is 19. The number of carbonyl (C=O) groups excluding carboxylic acids is 1. The van der Waals surface area contributed by atoms with Gasteiger partial charge in [0.15, 0.2) is 6.29 Å². The summed E-state index contributed by atoms with van der Waals surface area (Å²) < 4.78 is 59.1. The first-order valence-electron chi connectivity index (χ1n) is 25.3. The van der Waals surface area contributed by atoms with Crippen LogP contribution in [0.5, 0.6) is 0 Å². The summed E-state index contributed by atoms with van der Waals surface area (Å²) in [7, 11) is -5.08. The fraction of sp³-hybridized carbons (Fsp3) is 0.618. The Morgan fingerprint density at radius 2 is 0.971 bits per heavy atom. The van der Waals surface area contributed by atoms with E-state index in [2.05, 4.69) is 127 Å². The van der Waals surface area contributed by atoms with Crippen LogP contribution in [0.4, 0.5) is 0 Å². The third-order valence-electron chi connectivity index (χ3n) is 10.6. The molecule has 1 fully saturated rings. The Kier molecular flexibility index (Phi) is 41.1. The van der Waals surface area contributed by atoms with Crippen LogP contribution in [0.25, 0.3) is 0 Å². The summed E-state index contributed by atoms with van der Waals surface area (Å²) >= 11 is 0. The van der Waals surface area contributed by atoms with Gasteiger partial charge in [-0.25, -0.2) is 4.18 Å². The number of esters is 1. The highest BCUT2D eigenvalue weighted by molar-refractivity contribution is 7.80. The van der Waals surface area contributed by atoms with Gasteiger partial charge in [-0.3, -0.25) is 9.35 Å². The summed E-state index contributed by atoms with van der Waals surface area (Å²) in [6, 6.07) is 0. The number of aliphatic hydroxyl groups is 3. The van der Waals surface area contributed by atoms with E-state index in [1.165, 1.54) is 32.1 Å². The maximum absolute atomic E-state index is 12.9. The first-order valence-corrected chi connectivity index (χ1v) is 26.7. The first-order chi connectivity index (χ1) is 33.1. The normalized spacial score (nSPS) is 20.4. The number of rotatable bonds is 42. The van der Waals surface area contributed by atoms with Crippen molar-refractivity contribution in [3.05, 3.63) is 122 Å². The van der Waals surface area contributed by atoms with Crippen molar-refractivity contribution in [1.29, 1.82) is 0 Å². The van der Waals surface area contributed by atoms with Crippen LogP contribution in [0.2, 0.25) is 0 Å². The van der Waals surface area contributed by atoms with Crippen LogP contribution in [0.1, 0.15) is 155 Å². The molecule has 13 heteroatoms. The summed E-state index contributed by atoms with van der Waals surface area (Å²) in [5.74, 6) is -0.436. The molecule has 1 aliphatic rings. The minimum absolute atomic E-state index is 0.0292. The van der Waals surface area contributed by atoms with Crippen LogP contribution in [0.15, 0.2) is 122 Å². The number of ether oxygens (including phenoxy) is 4. The monoisotopic (exact) mass is 973 g/mol. The Morgan fingerprint density at radius 1 is 0.559 bits per heavy atom. The summed E-state index contributed by atoms with van der Waals surface area (Å²) in [5.41, 5.74) is 0. The Hall–Kier alpha value is -3.50. The van der Waals surface area contributed by atoms with Gasteiger partial charge in [-0.2, -0.15) is 8.42 Å². The highest BCUT2D eigenvalue weighted by Crippen LogP contribution is 2.26. The van der Waals surface area contributed by atoms with Crippen molar-refractivity contribution in [3.63, 3.8) is 0 Å². The van der Waals surface area contributed by atoms with Gasteiger partial charge in [0.1, 0.15) is 30.5 Å². The van der Waals surface area contributed by atoms with Gasteiger partial charge in [-0.05, 0) is 89.9 Å². The second kappa shape index (κ2) is 44.7. The minimum Gasteiger partial charge on any atom is -0.457 e. The molecule has 4 N–H and O–H groups in total. The van der Waals surface area contributed by atoms with Gasteiger partial charge in [-0.1, -0.05) is 180 Å². The van der Waals surface area contributed by atoms with Gasteiger partial charge in [0.2, 0.25) is 0 Å². The molecule has 1 heterocycles. The second-order valence-electron chi connectivity index (χ2n) is 16.6. The SMILES string of the molecule is CC/C=C\C/C=C\C/C=C\C/C=C\C/C=C\CCCCCCCCCCCC(=O)OC(COCC/C=C\C/C=C\C/C=C\C/C=C\C/C=C\CC)COC1OC(CO)C(O)C(OS(=O)(=O)O)C1O. The highest BCUT2D eigenvalue weighted by atomic mass is 32.3. The van der Waals surface area contributed by atoms with E-state index < -0.39 is 59.8 Å². The van der Waals surface area contributed by atoms with Crippen LogP contribution in [0.3, 0.4) is 0 Å². The summed E-state index contributed by atoms with van der Waals surface area (Å²) in [4.78, 5) is 12.9. The van der Waals surface area contributed by atoms with Gasteiger partial charge in [0, 0.05) is 6.42 Å². The van der Waals surface area contributed by atoms with Crippen molar-refractivity contribution in [2.45, 2.75) is 192 Å². The number of carbonyl (C=O) groups is 1. The third kappa shape index (κ3) is 37.4. The zero-order chi connectivity index (χ0) is 49.6. The molecule has 12 nitrogen and oxygen atoms in total. The molecule has 0 spiro atoms. The summed E-state index contributed by atoms with van der Waals surface area (Å²) in [6.07, 6.45) is 55.4. The number of hydrogen-bond donors (Lipinski definition) is 4. The average Bonchev–Trinajstić information content (AvgIpc) is 3.31. The molecule has 6 unspecified atom stereocenters. The van der Waals surface area contributed by atoms with Crippen LogP contribution in [0, 0.1) is 0 Å². The standard InChI is InChI=1S/C55H88O12S/c1-3-5-7-9-11-13-15-17-19-21-22-23-24-25-26-27-28-29-30-32-34-36-38-40-42-44-51(57)65-49(48-64-55-53(59)54(67-68(60,61)62)52(58)50(46-56)66-55)47-63-45-43-41-39-37-35-33-31-20-18-16-14-12-10-8-6-4-2/h5-8,11-14,17-20,22-23,25-26,33,35,39,41,49-50,52-56,58-59H,3-4,9-10,15-16,21,24,27-32,34,36-38,40,42-48H2,1-2H3,(H,60,61,62)/b7-5-,8-6-,13-11-,14-12-,19-17-,20-18-,23-22-,26-25-,35-33-,41-39-. The Morgan fingerprint density at radius 3 is 1.41 bits per heavy atom. The lowest BCUT2D eigenvalue weighted by Gasteiger charge is -2.41.